The van der Waals surface area contributed by atoms with Crippen LogP contribution in [0.15, 0.2) is 84.9 Å². The van der Waals surface area contributed by atoms with Crippen molar-refractivity contribution in [2.24, 2.45) is 0 Å². The second-order valence-corrected chi connectivity index (χ2v) is 7.66. The monoisotopic (exact) mass is 380 g/mol. The van der Waals surface area contributed by atoms with Gasteiger partial charge in [0.15, 0.2) is 0 Å². The first-order valence-electron chi connectivity index (χ1n) is 9.91. The third-order valence-electron chi connectivity index (χ3n) is 6.10. The molecule has 0 amide bonds. The first kappa shape index (κ1) is 16.5. The molecule has 3 heteroatoms. The molecule has 0 saturated heterocycles. The summed E-state index contributed by atoms with van der Waals surface area (Å²) in [5.41, 5.74) is 3.38. The minimum absolute atomic E-state index is 0.169. The molecule has 0 saturated carbocycles. The lowest BCUT2D eigenvalue weighted by Crippen LogP contribution is -2.46. The second-order valence-electron chi connectivity index (χ2n) is 7.66. The average molecular weight is 380 g/mol. The molecule has 0 radical (unpaired) electrons. The zero-order chi connectivity index (χ0) is 19.4. The molecule has 0 aliphatic carbocycles. The molecule has 2 atom stereocenters. The summed E-state index contributed by atoms with van der Waals surface area (Å²) >= 11 is 0. The maximum atomic E-state index is 6.77. The van der Waals surface area contributed by atoms with E-state index in [9.17, 15) is 0 Å². The highest BCUT2D eigenvalue weighted by molar-refractivity contribution is 5.95. The summed E-state index contributed by atoms with van der Waals surface area (Å²) in [4.78, 5) is 0. The van der Waals surface area contributed by atoms with Crippen LogP contribution in [0, 0.1) is 0 Å². The Morgan fingerprint density at radius 1 is 0.793 bits per heavy atom. The normalized spacial score (nSPS) is 21.5. The van der Waals surface area contributed by atoms with Crippen molar-refractivity contribution in [3.63, 3.8) is 0 Å². The lowest BCUT2D eigenvalue weighted by Gasteiger charge is -2.46. The molecule has 2 heterocycles. The van der Waals surface area contributed by atoms with Gasteiger partial charge in [0.1, 0.15) is 17.2 Å². The van der Waals surface area contributed by atoms with Crippen LogP contribution in [0.1, 0.15) is 29.0 Å². The van der Waals surface area contributed by atoms with E-state index in [1.54, 1.807) is 7.11 Å². The Balaban J connectivity index is 1.68. The number of hydrogen-bond acceptors (Lipinski definition) is 3. The zero-order valence-electron chi connectivity index (χ0n) is 16.1. The van der Waals surface area contributed by atoms with Crippen molar-refractivity contribution in [3.8, 4) is 17.2 Å². The Morgan fingerprint density at radius 2 is 1.52 bits per heavy atom. The smallest absolute Gasteiger partial charge is 0.278 e. The molecule has 142 valence electrons. The van der Waals surface area contributed by atoms with Crippen molar-refractivity contribution in [2.45, 2.75) is 18.1 Å². The molecule has 0 aromatic heterocycles. The van der Waals surface area contributed by atoms with Gasteiger partial charge in [-0.2, -0.15) is 0 Å². The highest BCUT2D eigenvalue weighted by Gasteiger charge is 2.50. The summed E-state index contributed by atoms with van der Waals surface area (Å²) in [5.74, 6) is 1.97. The van der Waals surface area contributed by atoms with Crippen LogP contribution in [-0.2, 0) is 5.79 Å². The molecule has 4 aromatic rings. The molecule has 4 aromatic carbocycles. The van der Waals surface area contributed by atoms with Crippen LogP contribution in [0.25, 0.3) is 10.8 Å². The summed E-state index contributed by atoms with van der Waals surface area (Å²) in [5, 5.41) is 2.10. The number of hydrogen-bond donors (Lipinski definition) is 0. The highest BCUT2D eigenvalue weighted by atomic mass is 16.7. The van der Waals surface area contributed by atoms with Gasteiger partial charge in [-0.05, 0) is 12.1 Å². The first-order chi connectivity index (χ1) is 14.3. The number of rotatable bonds is 2. The number of methoxy groups -OCH3 is 1. The second kappa shape index (κ2) is 6.02. The van der Waals surface area contributed by atoms with Gasteiger partial charge in [0.2, 0.25) is 0 Å². The quantitative estimate of drug-likeness (QED) is 0.426. The molecule has 2 aliphatic rings. The van der Waals surface area contributed by atoms with Crippen LogP contribution in [0.2, 0.25) is 0 Å². The third-order valence-corrected chi connectivity index (χ3v) is 6.10. The largest absolute Gasteiger partial charge is 0.496 e. The van der Waals surface area contributed by atoms with E-state index >= 15 is 0 Å². The summed E-state index contributed by atoms with van der Waals surface area (Å²) < 4.78 is 19.1. The molecule has 3 nitrogen and oxygen atoms in total. The van der Waals surface area contributed by atoms with E-state index in [0.29, 0.717) is 0 Å². The lowest BCUT2D eigenvalue weighted by atomic mass is 9.77. The van der Waals surface area contributed by atoms with Gasteiger partial charge in [-0.25, -0.2) is 0 Å². The Hall–Kier alpha value is -3.46. The van der Waals surface area contributed by atoms with Gasteiger partial charge in [0, 0.05) is 39.8 Å². The van der Waals surface area contributed by atoms with Crippen LogP contribution in [0.5, 0.6) is 17.2 Å². The van der Waals surface area contributed by atoms with Crippen molar-refractivity contribution in [3.05, 3.63) is 102 Å². The molecule has 29 heavy (non-hydrogen) atoms. The molecule has 0 unspecified atom stereocenters. The summed E-state index contributed by atoms with van der Waals surface area (Å²) in [6.07, 6.45) is 0.725. The topological polar surface area (TPSA) is 27.7 Å². The SMILES string of the molecule is COc1cc2c(c3ccccc13)O[C@@]1(c3ccccc3)C[C@@H]2c2ccccc2O1. The van der Waals surface area contributed by atoms with E-state index in [1.165, 1.54) is 5.56 Å². The van der Waals surface area contributed by atoms with Gasteiger partial charge in [0.25, 0.3) is 5.79 Å². The van der Waals surface area contributed by atoms with Crippen LogP contribution >= 0.6 is 0 Å². The van der Waals surface area contributed by atoms with E-state index in [0.717, 1.165) is 45.6 Å². The van der Waals surface area contributed by atoms with Gasteiger partial charge in [-0.15, -0.1) is 0 Å². The number of benzene rings is 4. The van der Waals surface area contributed by atoms with E-state index in [-0.39, 0.29) is 5.92 Å². The number of fused-ring (bicyclic) bond motifs is 8. The molecule has 2 bridgehead atoms. The average Bonchev–Trinajstić information content (AvgIpc) is 2.79. The van der Waals surface area contributed by atoms with Crippen molar-refractivity contribution >= 4 is 10.8 Å². The Kier molecular flexibility index (Phi) is 3.42. The lowest BCUT2D eigenvalue weighted by molar-refractivity contribution is -0.147. The van der Waals surface area contributed by atoms with Crippen molar-refractivity contribution in [1.29, 1.82) is 0 Å². The fourth-order valence-electron chi connectivity index (χ4n) is 4.77. The molecule has 0 N–H and O–H groups in total. The van der Waals surface area contributed by atoms with E-state index in [4.69, 9.17) is 14.2 Å². The van der Waals surface area contributed by atoms with Gasteiger partial charge in [-0.1, -0.05) is 72.8 Å². The minimum Gasteiger partial charge on any atom is -0.496 e. The van der Waals surface area contributed by atoms with Gasteiger partial charge < -0.3 is 14.2 Å². The van der Waals surface area contributed by atoms with Crippen molar-refractivity contribution in [2.75, 3.05) is 7.11 Å². The van der Waals surface area contributed by atoms with Crippen LogP contribution in [-0.4, -0.2) is 7.11 Å². The fourth-order valence-corrected chi connectivity index (χ4v) is 4.77. The number of ether oxygens (including phenoxy) is 3. The molecule has 0 fully saturated rings. The first-order valence-corrected chi connectivity index (χ1v) is 9.91. The predicted molar refractivity (Wildman–Crippen MR) is 113 cm³/mol. The minimum atomic E-state index is -0.843. The third kappa shape index (κ3) is 2.31. The van der Waals surface area contributed by atoms with Crippen LogP contribution in [0.3, 0.4) is 0 Å². The number of para-hydroxylation sites is 1. The van der Waals surface area contributed by atoms with Crippen molar-refractivity contribution < 1.29 is 14.2 Å². The molecule has 0 spiro atoms. The van der Waals surface area contributed by atoms with E-state index in [2.05, 4.69) is 42.5 Å². The maximum Gasteiger partial charge on any atom is 0.278 e. The highest BCUT2D eigenvalue weighted by Crippen LogP contribution is 2.57. The summed E-state index contributed by atoms with van der Waals surface area (Å²) in [6, 6.07) is 28.9. The van der Waals surface area contributed by atoms with Gasteiger partial charge >= 0.3 is 0 Å². The predicted octanol–water partition coefficient (Wildman–Crippen LogP) is 6.01. The molecule has 6 rings (SSSR count). The Labute approximate surface area is 169 Å². The Morgan fingerprint density at radius 3 is 2.34 bits per heavy atom. The maximum absolute atomic E-state index is 6.77. The van der Waals surface area contributed by atoms with Gasteiger partial charge in [0.05, 0.1) is 7.11 Å². The molecule has 2 aliphatic heterocycles. The standard InChI is InChI=1S/C26H20O3/c1-27-24-15-21-22-16-26(17-9-3-2-4-10-17,28-23-14-8-7-12-19(22)23)29-25(21)20-13-6-5-11-18(20)24/h2-15,22H,16H2,1H3/t22-,26-/m1/s1. The molecular formula is C26H20O3. The Bertz CT molecular complexity index is 1230. The fraction of sp³-hybridized carbons (Fsp3) is 0.154. The van der Waals surface area contributed by atoms with Crippen LogP contribution in [0.4, 0.5) is 0 Å². The summed E-state index contributed by atoms with van der Waals surface area (Å²) in [6.45, 7) is 0. The summed E-state index contributed by atoms with van der Waals surface area (Å²) in [7, 11) is 1.73. The van der Waals surface area contributed by atoms with Gasteiger partial charge in [-0.3, -0.25) is 0 Å². The van der Waals surface area contributed by atoms with Crippen molar-refractivity contribution in [1.82, 2.24) is 0 Å². The zero-order valence-corrected chi connectivity index (χ0v) is 16.1. The molecular weight excluding hydrogens is 360 g/mol. The van der Waals surface area contributed by atoms with E-state index < -0.39 is 5.79 Å². The van der Waals surface area contributed by atoms with E-state index in [1.807, 2.05) is 42.5 Å². The van der Waals surface area contributed by atoms with Crippen LogP contribution < -0.4 is 14.2 Å².